The largest absolute Gasteiger partial charge is 0.481 e. The lowest BCUT2D eigenvalue weighted by molar-refractivity contribution is -0.244. The van der Waals surface area contributed by atoms with E-state index in [-0.39, 0.29) is 11.9 Å². The summed E-state index contributed by atoms with van der Waals surface area (Å²) in [6.45, 7) is 1.34. The van der Waals surface area contributed by atoms with Gasteiger partial charge in [0, 0.05) is 19.8 Å². The van der Waals surface area contributed by atoms with Crippen LogP contribution in [0.25, 0.3) is 0 Å². The number of carbonyl (C=O) groups is 2. The Bertz CT molecular complexity index is 433. The molecule has 0 radical (unpaired) electrons. The number of esters is 1. The number of carboxylic acids is 1. The van der Waals surface area contributed by atoms with Crippen molar-refractivity contribution in [1.29, 1.82) is 0 Å². The zero-order chi connectivity index (χ0) is 13.2. The Hall–Kier alpha value is -1.10. The molecule has 0 aliphatic heterocycles. The molecule has 4 aliphatic carbocycles. The molecular weight excluding hydrogens is 236 g/mol. The zero-order valence-electron chi connectivity index (χ0n) is 10.4. The van der Waals surface area contributed by atoms with Gasteiger partial charge < -0.3 is 14.9 Å². The van der Waals surface area contributed by atoms with Crippen LogP contribution in [-0.4, -0.2) is 33.4 Å². The second kappa shape index (κ2) is 3.26. The average Bonchev–Trinajstić information content (AvgIpc) is 2.09. The van der Waals surface area contributed by atoms with Gasteiger partial charge in [0.1, 0.15) is 5.60 Å². The number of carbonyl (C=O) groups excluding carboxylic acids is 1. The highest BCUT2D eigenvalue weighted by Crippen LogP contribution is 2.64. The van der Waals surface area contributed by atoms with E-state index in [1.54, 1.807) is 0 Å². The van der Waals surface area contributed by atoms with Crippen LogP contribution in [-0.2, 0) is 14.3 Å². The summed E-state index contributed by atoms with van der Waals surface area (Å²) in [6, 6.07) is 0. The molecule has 18 heavy (non-hydrogen) atoms. The van der Waals surface area contributed by atoms with Crippen molar-refractivity contribution in [3.8, 4) is 0 Å². The highest BCUT2D eigenvalue weighted by atomic mass is 16.6. The summed E-state index contributed by atoms with van der Waals surface area (Å²) < 4.78 is 5.43. The summed E-state index contributed by atoms with van der Waals surface area (Å²) >= 11 is 0. The number of hydrogen-bond donors (Lipinski definition) is 2. The topological polar surface area (TPSA) is 83.8 Å². The minimum Gasteiger partial charge on any atom is -0.481 e. The van der Waals surface area contributed by atoms with Crippen molar-refractivity contribution >= 4 is 11.9 Å². The Morgan fingerprint density at radius 3 is 2.44 bits per heavy atom. The van der Waals surface area contributed by atoms with Gasteiger partial charge in [0.05, 0.1) is 11.0 Å². The summed E-state index contributed by atoms with van der Waals surface area (Å²) in [5.41, 5.74) is -2.62. The molecule has 100 valence electrons. The molecule has 2 N–H and O–H groups in total. The summed E-state index contributed by atoms with van der Waals surface area (Å²) in [7, 11) is 0. The number of carboxylic acid groups (broad SMARTS) is 1. The third-order valence-corrected chi connectivity index (χ3v) is 4.80. The monoisotopic (exact) mass is 254 g/mol. The first-order valence-electron chi connectivity index (χ1n) is 6.42. The molecule has 4 fully saturated rings. The van der Waals surface area contributed by atoms with Crippen molar-refractivity contribution < 1.29 is 24.5 Å². The molecule has 5 heteroatoms. The SMILES string of the molecule is CC(=O)OC12CC3CC(O)(C1)CC(C(=O)O)(C3)C2. The van der Waals surface area contributed by atoms with Crippen LogP contribution in [0.15, 0.2) is 0 Å². The van der Waals surface area contributed by atoms with Gasteiger partial charge in [0.25, 0.3) is 0 Å². The van der Waals surface area contributed by atoms with Crippen LogP contribution in [0.2, 0.25) is 0 Å². The second-order valence-corrected chi connectivity index (χ2v) is 6.60. The minimum absolute atomic E-state index is 0.154. The van der Waals surface area contributed by atoms with Crippen molar-refractivity contribution in [1.82, 2.24) is 0 Å². The molecule has 4 atom stereocenters. The third-order valence-electron chi connectivity index (χ3n) is 4.80. The van der Waals surface area contributed by atoms with Crippen LogP contribution in [0, 0.1) is 11.3 Å². The van der Waals surface area contributed by atoms with Gasteiger partial charge >= 0.3 is 11.9 Å². The highest BCUT2D eigenvalue weighted by molar-refractivity contribution is 5.76. The van der Waals surface area contributed by atoms with E-state index in [9.17, 15) is 19.8 Å². The van der Waals surface area contributed by atoms with Gasteiger partial charge in [-0.05, 0) is 31.6 Å². The first kappa shape index (κ1) is 12.0. The average molecular weight is 254 g/mol. The van der Waals surface area contributed by atoms with E-state index in [1.807, 2.05) is 0 Å². The van der Waals surface area contributed by atoms with Crippen LogP contribution in [0.1, 0.15) is 45.4 Å². The van der Waals surface area contributed by atoms with Crippen LogP contribution in [0.3, 0.4) is 0 Å². The fourth-order valence-electron chi connectivity index (χ4n) is 4.96. The van der Waals surface area contributed by atoms with Crippen LogP contribution in [0.5, 0.6) is 0 Å². The van der Waals surface area contributed by atoms with Crippen molar-refractivity contribution in [2.24, 2.45) is 11.3 Å². The van der Waals surface area contributed by atoms with Crippen LogP contribution < -0.4 is 0 Å². The number of hydrogen-bond acceptors (Lipinski definition) is 4. The first-order chi connectivity index (χ1) is 8.27. The van der Waals surface area contributed by atoms with Crippen molar-refractivity contribution in [2.45, 2.75) is 56.7 Å². The van der Waals surface area contributed by atoms with E-state index in [0.29, 0.717) is 38.5 Å². The van der Waals surface area contributed by atoms with Crippen molar-refractivity contribution in [3.63, 3.8) is 0 Å². The summed E-state index contributed by atoms with van der Waals surface area (Å²) in [5.74, 6) is -1.09. The quantitative estimate of drug-likeness (QED) is 0.721. The van der Waals surface area contributed by atoms with Gasteiger partial charge in [-0.2, -0.15) is 0 Å². The maximum atomic E-state index is 11.6. The second-order valence-electron chi connectivity index (χ2n) is 6.60. The predicted molar refractivity (Wildman–Crippen MR) is 60.7 cm³/mol. The van der Waals surface area contributed by atoms with Crippen LogP contribution >= 0.6 is 0 Å². The van der Waals surface area contributed by atoms with Crippen molar-refractivity contribution in [3.05, 3.63) is 0 Å². The van der Waals surface area contributed by atoms with E-state index in [0.717, 1.165) is 0 Å². The maximum absolute atomic E-state index is 11.6. The molecule has 4 saturated carbocycles. The number of aliphatic hydroxyl groups is 1. The molecule has 4 aliphatic rings. The maximum Gasteiger partial charge on any atom is 0.309 e. The number of rotatable bonds is 2. The molecule has 0 aromatic rings. The van der Waals surface area contributed by atoms with E-state index < -0.39 is 22.6 Å². The minimum atomic E-state index is -0.965. The van der Waals surface area contributed by atoms with E-state index in [2.05, 4.69) is 0 Å². The smallest absolute Gasteiger partial charge is 0.309 e. The Balaban J connectivity index is 2.00. The lowest BCUT2D eigenvalue weighted by Gasteiger charge is -2.62. The van der Waals surface area contributed by atoms with Gasteiger partial charge in [0.15, 0.2) is 0 Å². The standard InChI is InChI=1S/C13H18O5/c1-8(14)18-13-4-9-2-11(6-13,10(15)16)5-12(17,3-9)7-13/h9,17H,2-7H2,1H3,(H,15,16). The molecule has 4 rings (SSSR count). The number of ether oxygens (including phenoxy) is 1. The Morgan fingerprint density at radius 2 is 1.89 bits per heavy atom. The summed E-state index contributed by atoms with van der Waals surface area (Å²) in [6.07, 6.45) is 3.00. The molecule has 0 heterocycles. The van der Waals surface area contributed by atoms with Gasteiger partial charge in [0.2, 0.25) is 0 Å². The van der Waals surface area contributed by atoms with E-state index >= 15 is 0 Å². The molecule has 4 bridgehead atoms. The molecular formula is C13H18O5. The molecule has 0 saturated heterocycles. The fraction of sp³-hybridized carbons (Fsp3) is 0.846. The lowest BCUT2D eigenvalue weighted by Crippen LogP contribution is -2.66. The Labute approximate surface area is 105 Å². The Morgan fingerprint density at radius 1 is 1.17 bits per heavy atom. The first-order valence-corrected chi connectivity index (χ1v) is 6.42. The predicted octanol–water partition coefficient (Wildman–Crippen LogP) is 1.09. The summed E-state index contributed by atoms with van der Waals surface area (Å²) in [5, 5.41) is 20.0. The molecule has 0 amide bonds. The molecule has 5 nitrogen and oxygen atoms in total. The normalized spacial score (nSPS) is 49.1. The molecule has 0 aromatic heterocycles. The van der Waals surface area contributed by atoms with Crippen LogP contribution in [0.4, 0.5) is 0 Å². The van der Waals surface area contributed by atoms with E-state index in [1.165, 1.54) is 6.92 Å². The molecule has 4 unspecified atom stereocenters. The number of aliphatic carboxylic acids is 1. The lowest BCUT2D eigenvalue weighted by atomic mass is 9.46. The third kappa shape index (κ3) is 1.56. The van der Waals surface area contributed by atoms with E-state index in [4.69, 9.17) is 4.74 Å². The Kier molecular flexibility index (Phi) is 2.17. The van der Waals surface area contributed by atoms with Gasteiger partial charge in [-0.25, -0.2) is 0 Å². The van der Waals surface area contributed by atoms with Gasteiger partial charge in [-0.3, -0.25) is 9.59 Å². The molecule has 0 spiro atoms. The summed E-state index contributed by atoms with van der Waals surface area (Å²) in [4.78, 5) is 22.8. The zero-order valence-corrected chi connectivity index (χ0v) is 10.4. The highest BCUT2D eigenvalue weighted by Gasteiger charge is 2.67. The van der Waals surface area contributed by atoms with Gasteiger partial charge in [-0.15, -0.1) is 0 Å². The molecule has 0 aromatic carbocycles. The van der Waals surface area contributed by atoms with Gasteiger partial charge in [-0.1, -0.05) is 0 Å². The van der Waals surface area contributed by atoms with Crippen molar-refractivity contribution in [2.75, 3.05) is 0 Å². The fourth-order valence-corrected chi connectivity index (χ4v) is 4.96.